The molecule has 26 heavy (non-hydrogen) atoms. The third-order valence-electron chi connectivity index (χ3n) is 5.82. The Morgan fingerprint density at radius 1 is 1.31 bits per heavy atom. The minimum atomic E-state index is -0.788. The van der Waals surface area contributed by atoms with Gasteiger partial charge in [0.25, 0.3) is 0 Å². The highest BCUT2D eigenvalue weighted by Gasteiger charge is 2.31. The van der Waals surface area contributed by atoms with Gasteiger partial charge in [-0.1, -0.05) is 43.7 Å². The van der Waals surface area contributed by atoms with Crippen LogP contribution in [-0.4, -0.2) is 36.0 Å². The van der Waals surface area contributed by atoms with Gasteiger partial charge in [0.15, 0.2) is 0 Å². The van der Waals surface area contributed by atoms with Crippen molar-refractivity contribution >= 4 is 5.91 Å². The molecule has 0 unspecified atom stereocenters. The largest absolute Gasteiger partial charge is 0.337 e. The van der Waals surface area contributed by atoms with Gasteiger partial charge in [-0.3, -0.25) is 9.69 Å². The number of aryl methyl sites for hydroxylation is 2. The normalized spacial score (nSPS) is 18.3. The van der Waals surface area contributed by atoms with E-state index in [1.807, 2.05) is 13.8 Å². The highest BCUT2D eigenvalue weighted by atomic mass is 16.2. The molecule has 142 valence electrons. The van der Waals surface area contributed by atoms with Crippen LogP contribution in [-0.2, 0) is 11.2 Å². The summed E-state index contributed by atoms with van der Waals surface area (Å²) in [5.74, 6) is 0.792. The van der Waals surface area contributed by atoms with Crippen LogP contribution >= 0.6 is 0 Å². The lowest BCUT2D eigenvalue weighted by Gasteiger charge is -2.33. The molecule has 1 atom stereocenters. The third-order valence-corrected chi connectivity index (χ3v) is 5.82. The fourth-order valence-corrected chi connectivity index (χ4v) is 3.39. The molecule has 0 aliphatic carbocycles. The van der Waals surface area contributed by atoms with Gasteiger partial charge in [0.1, 0.15) is 5.54 Å². The van der Waals surface area contributed by atoms with Gasteiger partial charge in [0.2, 0.25) is 5.91 Å². The predicted molar refractivity (Wildman–Crippen MR) is 106 cm³/mol. The number of nitriles is 1. The van der Waals surface area contributed by atoms with Gasteiger partial charge in [-0.2, -0.15) is 5.26 Å². The topological polar surface area (TPSA) is 56.1 Å². The average Bonchev–Trinajstić information content (AvgIpc) is 2.62. The van der Waals surface area contributed by atoms with Crippen LogP contribution in [0.1, 0.15) is 51.2 Å². The van der Waals surface area contributed by atoms with E-state index in [1.165, 1.54) is 17.5 Å². The van der Waals surface area contributed by atoms with Gasteiger partial charge in [-0.05, 0) is 70.0 Å². The Morgan fingerprint density at radius 3 is 2.46 bits per heavy atom. The molecule has 0 saturated carbocycles. The van der Waals surface area contributed by atoms with E-state index in [4.69, 9.17) is 0 Å². The second-order valence-corrected chi connectivity index (χ2v) is 8.26. The smallest absolute Gasteiger partial charge is 0.235 e. The molecule has 1 N–H and O–H groups in total. The van der Waals surface area contributed by atoms with Gasteiger partial charge in [0.05, 0.1) is 12.6 Å². The summed E-state index contributed by atoms with van der Waals surface area (Å²) in [6.07, 6.45) is 4.67. The number of rotatable bonds is 7. The highest BCUT2D eigenvalue weighted by molar-refractivity contribution is 5.79. The Hall–Kier alpha value is -1.86. The molecule has 4 nitrogen and oxygen atoms in total. The van der Waals surface area contributed by atoms with Crippen LogP contribution in [0.4, 0.5) is 0 Å². The first-order chi connectivity index (χ1) is 12.3. The van der Waals surface area contributed by atoms with E-state index in [2.05, 4.69) is 47.5 Å². The highest BCUT2D eigenvalue weighted by Crippen LogP contribution is 2.22. The van der Waals surface area contributed by atoms with E-state index in [-0.39, 0.29) is 11.8 Å². The SMILES string of the molecule is Cc1ccc(CCC2CCN(CC(=O)N[C@](C)(C#N)C(C)C)CC2)cc1. The zero-order chi connectivity index (χ0) is 19.2. The van der Waals surface area contributed by atoms with Crippen molar-refractivity contribution in [3.8, 4) is 6.07 Å². The van der Waals surface area contributed by atoms with Crippen molar-refractivity contribution in [2.24, 2.45) is 11.8 Å². The van der Waals surface area contributed by atoms with E-state index in [1.54, 1.807) is 6.92 Å². The number of benzene rings is 1. The molecule has 1 aliphatic heterocycles. The van der Waals surface area contributed by atoms with E-state index < -0.39 is 5.54 Å². The van der Waals surface area contributed by atoms with Crippen molar-refractivity contribution in [3.05, 3.63) is 35.4 Å². The summed E-state index contributed by atoms with van der Waals surface area (Å²) >= 11 is 0. The molecule has 0 aromatic heterocycles. The summed E-state index contributed by atoms with van der Waals surface area (Å²) < 4.78 is 0. The summed E-state index contributed by atoms with van der Waals surface area (Å²) in [6.45, 7) is 10.2. The van der Waals surface area contributed by atoms with Crippen LogP contribution in [0.5, 0.6) is 0 Å². The molecule has 1 amide bonds. The van der Waals surface area contributed by atoms with Crippen molar-refractivity contribution in [2.45, 2.75) is 58.9 Å². The van der Waals surface area contributed by atoms with Crippen molar-refractivity contribution in [2.75, 3.05) is 19.6 Å². The Kier molecular flexibility index (Phi) is 7.23. The first-order valence-corrected chi connectivity index (χ1v) is 9.82. The summed E-state index contributed by atoms with van der Waals surface area (Å²) in [6, 6.07) is 11.1. The molecule has 1 aliphatic rings. The number of nitrogens with one attached hydrogen (secondary N) is 1. The lowest BCUT2D eigenvalue weighted by atomic mass is 9.89. The molecule has 1 aromatic carbocycles. The van der Waals surface area contributed by atoms with E-state index >= 15 is 0 Å². The van der Waals surface area contributed by atoms with Crippen LogP contribution < -0.4 is 5.32 Å². The summed E-state index contributed by atoms with van der Waals surface area (Å²) in [5.41, 5.74) is 1.94. The van der Waals surface area contributed by atoms with E-state index in [9.17, 15) is 10.1 Å². The summed E-state index contributed by atoms with van der Waals surface area (Å²) in [5, 5.41) is 12.2. The molecule has 1 fully saturated rings. The maximum Gasteiger partial charge on any atom is 0.235 e. The number of amides is 1. The molecule has 0 spiro atoms. The monoisotopic (exact) mass is 355 g/mol. The number of nitrogens with zero attached hydrogens (tertiary/aromatic N) is 2. The van der Waals surface area contributed by atoms with Crippen LogP contribution in [0.15, 0.2) is 24.3 Å². The van der Waals surface area contributed by atoms with Gasteiger partial charge in [0, 0.05) is 0 Å². The summed E-state index contributed by atoms with van der Waals surface area (Å²) in [7, 11) is 0. The van der Waals surface area contributed by atoms with Crippen LogP contribution in [0.25, 0.3) is 0 Å². The lowest BCUT2D eigenvalue weighted by Crippen LogP contribution is -2.52. The Morgan fingerprint density at radius 2 is 1.92 bits per heavy atom. The first-order valence-electron chi connectivity index (χ1n) is 9.82. The van der Waals surface area contributed by atoms with Crippen molar-refractivity contribution in [3.63, 3.8) is 0 Å². The Balaban J connectivity index is 1.72. The third kappa shape index (κ3) is 5.85. The minimum Gasteiger partial charge on any atom is -0.337 e. The number of piperidine rings is 1. The number of carbonyl (C=O) groups excluding carboxylic acids is 1. The van der Waals surface area contributed by atoms with Gasteiger partial charge >= 0.3 is 0 Å². The lowest BCUT2D eigenvalue weighted by molar-refractivity contribution is -0.124. The van der Waals surface area contributed by atoms with Gasteiger partial charge < -0.3 is 5.32 Å². The average molecular weight is 356 g/mol. The van der Waals surface area contributed by atoms with Gasteiger partial charge in [-0.25, -0.2) is 0 Å². The first kappa shape index (κ1) is 20.5. The number of likely N-dealkylation sites (tertiary alicyclic amines) is 1. The number of hydrogen-bond acceptors (Lipinski definition) is 3. The zero-order valence-corrected chi connectivity index (χ0v) is 16.7. The molecule has 0 bridgehead atoms. The maximum absolute atomic E-state index is 12.3. The predicted octanol–water partition coefficient (Wildman–Crippen LogP) is 3.69. The molecular formula is C22H33N3O. The molecular weight excluding hydrogens is 322 g/mol. The minimum absolute atomic E-state index is 0.0409. The second kappa shape index (κ2) is 9.19. The quantitative estimate of drug-likeness (QED) is 0.811. The molecule has 1 saturated heterocycles. The van der Waals surface area contributed by atoms with Gasteiger partial charge in [-0.15, -0.1) is 0 Å². The molecule has 1 aromatic rings. The molecule has 1 heterocycles. The molecule has 4 heteroatoms. The van der Waals surface area contributed by atoms with E-state index in [0.717, 1.165) is 38.3 Å². The maximum atomic E-state index is 12.3. The van der Waals surface area contributed by atoms with Crippen molar-refractivity contribution < 1.29 is 4.79 Å². The fourth-order valence-electron chi connectivity index (χ4n) is 3.39. The van der Waals surface area contributed by atoms with E-state index in [0.29, 0.717) is 6.54 Å². The Labute approximate surface area is 158 Å². The Bertz CT molecular complexity index is 624. The van der Waals surface area contributed by atoms with Crippen LogP contribution in [0.2, 0.25) is 0 Å². The zero-order valence-electron chi connectivity index (χ0n) is 16.7. The number of carbonyl (C=O) groups is 1. The van der Waals surface area contributed by atoms with Crippen molar-refractivity contribution in [1.29, 1.82) is 5.26 Å². The van der Waals surface area contributed by atoms with Crippen LogP contribution in [0, 0.1) is 30.1 Å². The van der Waals surface area contributed by atoms with Crippen LogP contribution in [0.3, 0.4) is 0 Å². The molecule has 0 radical (unpaired) electrons. The fraction of sp³-hybridized carbons (Fsp3) is 0.636. The molecule has 2 rings (SSSR count). The second-order valence-electron chi connectivity index (χ2n) is 8.26. The van der Waals surface area contributed by atoms with Crippen molar-refractivity contribution in [1.82, 2.24) is 10.2 Å². The summed E-state index contributed by atoms with van der Waals surface area (Å²) in [4.78, 5) is 14.5. The number of hydrogen-bond donors (Lipinski definition) is 1. The standard InChI is InChI=1S/C22H33N3O/c1-17(2)22(4,16-23)24-21(26)15-25-13-11-20(12-14-25)10-9-19-7-5-18(3)6-8-19/h5-8,17,20H,9-15H2,1-4H3,(H,24,26)/t22-/m1/s1.